The largest absolute Gasteiger partial charge is 0.338 e. The Labute approximate surface area is 162 Å². The second-order valence-electron chi connectivity index (χ2n) is 7.66. The highest BCUT2D eigenvalue weighted by molar-refractivity contribution is 7.91. The molecule has 1 aliphatic heterocycles. The fraction of sp³-hybridized carbons (Fsp3) is 0.600. The number of anilines is 1. The van der Waals surface area contributed by atoms with Crippen molar-refractivity contribution >= 4 is 27.3 Å². The van der Waals surface area contributed by atoms with Crippen LogP contribution in [-0.4, -0.2) is 55.8 Å². The first-order valence-electron chi connectivity index (χ1n) is 9.43. The van der Waals surface area contributed by atoms with Crippen molar-refractivity contribution in [3.8, 4) is 0 Å². The summed E-state index contributed by atoms with van der Waals surface area (Å²) < 4.78 is 23.7. The summed E-state index contributed by atoms with van der Waals surface area (Å²) in [4.78, 5) is 29.7. The normalized spacial score (nSPS) is 18.9. The van der Waals surface area contributed by atoms with E-state index in [2.05, 4.69) is 0 Å². The van der Waals surface area contributed by atoms with Crippen LogP contribution in [0.1, 0.15) is 39.7 Å². The van der Waals surface area contributed by atoms with Crippen LogP contribution in [-0.2, 0) is 19.4 Å². The van der Waals surface area contributed by atoms with Crippen molar-refractivity contribution in [2.75, 3.05) is 29.5 Å². The van der Waals surface area contributed by atoms with Crippen LogP contribution in [0.15, 0.2) is 24.3 Å². The summed E-state index contributed by atoms with van der Waals surface area (Å²) in [6, 6.07) is 7.27. The summed E-state index contributed by atoms with van der Waals surface area (Å²) in [6.07, 6.45) is 0.432. The van der Waals surface area contributed by atoms with E-state index in [0.29, 0.717) is 19.5 Å². The van der Waals surface area contributed by atoms with Crippen molar-refractivity contribution in [1.82, 2.24) is 4.90 Å². The third kappa shape index (κ3) is 4.51. The maximum atomic E-state index is 13.3. The Bertz CT molecular complexity index is 817. The van der Waals surface area contributed by atoms with Crippen LogP contribution >= 0.6 is 0 Å². The number of rotatable bonds is 6. The predicted molar refractivity (Wildman–Crippen MR) is 107 cm³/mol. The first-order chi connectivity index (χ1) is 12.5. The van der Waals surface area contributed by atoms with Crippen molar-refractivity contribution in [1.29, 1.82) is 0 Å². The summed E-state index contributed by atoms with van der Waals surface area (Å²) in [5, 5.41) is 0. The van der Waals surface area contributed by atoms with Crippen LogP contribution in [0.3, 0.4) is 0 Å². The standard InChI is InChI=1S/C20H30N2O4S/c1-6-21(16-10-8-9-15(3)13-16)18(23)20(4,5)19(24)22(7-2)17-11-12-27(25,26)14-17/h8-10,13,17H,6-7,11-12,14H2,1-5H3. The van der Waals surface area contributed by atoms with Crippen LogP contribution in [0.2, 0.25) is 0 Å². The Balaban J connectivity index is 2.28. The molecule has 1 heterocycles. The van der Waals surface area contributed by atoms with E-state index >= 15 is 0 Å². The molecule has 6 nitrogen and oxygen atoms in total. The lowest BCUT2D eigenvalue weighted by molar-refractivity contribution is -0.148. The molecule has 1 aromatic carbocycles. The van der Waals surface area contributed by atoms with Gasteiger partial charge < -0.3 is 9.80 Å². The summed E-state index contributed by atoms with van der Waals surface area (Å²) in [5.74, 6) is -0.519. The second kappa shape index (κ2) is 8.00. The number of sulfone groups is 1. The quantitative estimate of drug-likeness (QED) is 0.695. The number of nitrogens with zero attached hydrogens (tertiary/aromatic N) is 2. The first kappa shape index (κ1) is 21.4. The smallest absolute Gasteiger partial charge is 0.242 e. The maximum absolute atomic E-state index is 13.3. The van der Waals surface area contributed by atoms with E-state index in [4.69, 9.17) is 0 Å². The molecule has 1 fully saturated rings. The molecule has 1 unspecified atom stereocenters. The van der Waals surface area contributed by atoms with Gasteiger partial charge in [0.15, 0.2) is 9.84 Å². The minimum absolute atomic E-state index is 0.0216. The molecule has 1 saturated heterocycles. The minimum atomic E-state index is -3.11. The topological polar surface area (TPSA) is 74.8 Å². The van der Waals surface area contributed by atoms with Crippen molar-refractivity contribution in [3.63, 3.8) is 0 Å². The Morgan fingerprint density at radius 2 is 1.81 bits per heavy atom. The Kier molecular flexibility index (Phi) is 6.35. The molecule has 0 aromatic heterocycles. The summed E-state index contributed by atoms with van der Waals surface area (Å²) in [7, 11) is -3.11. The maximum Gasteiger partial charge on any atom is 0.242 e. The molecule has 2 rings (SSSR count). The van der Waals surface area contributed by atoms with Gasteiger partial charge in [0, 0.05) is 24.8 Å². The van der Waals surface area contributed by atoms with Gasteiger partial charge in [-0.15, -0.1) is 0 Å². The lowest BCUT2D eigenvalue weighted by Gasteiger charge is -2.36. The third-order valence-corrected chi connectivity index (χ3v) is 6.95. The molecule has 0 aliphatic carbocycles. The molecule has 0 spiro atoms. The molecule has 150 valence electrons. The van der Waals surface area contributed by atoms with Gasteiger partial charge in [-0.05, 0) is 58.7 Å². The second-order valence-corrected chi connectivity index (χ2v) is 9.89. The molecule has 1 atom stereocenters. The van der Waals surface area contributed by atoms with Crippen LogP contribution < -0.4 is 4.90 Å². The number of benzene rings is 1. The van der Waals surface area contributed by atoms with E-state index < -0.39 is 15.3 Å². The number of amides is 2. The zero-order valence-corrected chi connectivity index (χ0v) is 17.7. The molecule has 0 bridgehead atoms. The van der Waals surface area contributed by atoms with E-state index in [1.165, 1.54) is 0 Å². The van der Waals surface area contributed by atoms with Gasteiger partial charge in [0.1, 0.15) is 5.41 Å². The van der Waals surface area contributed by atoms with E-state index in [1.807, 2.05) is 45.0 Å². The highest BCUT2D eigenvalue weighted by Gasteiger charge is 2.45. The van der Waals surface area contributed by atoms with Gasteiger partial charge in [-0.1, -0.05) is 12.1 Å². The number of carbonyl (C=O) groups excluding carboxylic acids is 2. The molecule has 7 heteroatoms. The molecule has 0 radical (unpaired) electrons. The van der Waals surface area contributed by atoms with Crippen LogP contribution in [0.4, 0.5) is 5.69 Å². The molecular weight excluding hydrogens is 364 g/mol. The number of carbonyl (C=O) groups is 2. The van der Waals surface area contributed by atoms with Gasteiger partial charge in [-0.2, -0.15) is 0 Å². The number of hydrogen-bond donors (Lipinski definition) is 0. The monoisotopic (exact) mass is 394 g/mol. The summed E-state index contributed by atoms with van der Waals surface area (Å²) in [5.41, 5.74) is 0.520. The average Bonchev–Trinajstić information content (AvgIpc) is 2.95. The first-order valence-corrected chi connectivity index (χ1v) is 11.3. The Morgan fingerprint density at radius 1 is 1.15 bits per heavy atom. The number of aryl methyl sites for hydroxylation is 1. The van der Waals surface area contributed by atoms with Crippen LogP contribution in [0, 0.1) is 12.3 Å². The van der Waals surface area contributed by atoms with Gasteiger partial charge in [0.05, 0.1) is 11.5 Å². The fourth-order valence-corrected chi connectivity index (χ4v) is 5.35. The van der Waals surface area contributed by atoms with Crippen LogP contribution in [0.5, 0.6) is 0 Å². The van der Waals surface area contributed by atoms with Gasteiger partial charge in [0.25, 0.3) is 0 Å². The van der Waals surface area contributed by atoms with Gasteiger partial charge in [-0.25, -0.2) is 8.42 Å². The lowest BCUT2D eigenvalue weighted by Crippen LogP contribution is -2.54. The highest BCUT2D eigenvalue weighted by Crippen LogP contribution is 2.29. The minimum Gasteiger partial charge on any atom is -0.338 e. The van der Waals surface area contributed by atoms with Gasteiger partial charge in [-0.3, -0.25) is 9.59 Å². The third-order valence-electron chi connectivity index (χ3n) is 5.19. The molecule has 0 N–H and O–H groups in total. The Hall–Kier alpha value is -1.89. The molecular formula is C20H30N2O4S. The Morgan fingerprint density at radius 3 is 2.30 bits per heavy atom. The molecule has 0 saturated carbocycles. The van der Waals surface area contributed by atoms with Crippen molar-refractivity contribution in [2.45, 2.75) is 47.1 Å². The van der Waals surface area contributed by atoms with Gasteiger partial charge >= 0.3 is 0 Å². The van der Waals surface area contributed by atoms with Crippen molar-refractivity contribution in [3.05, 3.63) is 29.8 Å². The summed E-state index contributed by atoms with van der Waals surface area (Å²) >= 11 is 0. The van der Waals surface area contributed by atoms with Crippen molar-refractivity contribution < 1.29 is 18.0 Å². The van der Waals surface area contributed by atoms with Gasteiger partial charge in [0.2, 0.25) is 11.8 Å². The van der Waals surface area contributed by atoms with E-state index in [0.717, 1.165) is 11.3 Å². The van der Waals surface area contributed by atoms with E-state index in [-0.39, 0.29) is 29.4 Å². The molecule has 1 aromatic rings. The average molecular weight is 395 g/mol. The fourth-order valence-electron chi connectivity index (χ4n) is 3.62. The predicted octanol–water partition coefficient (Wildman–Crippen LogP) is 2.41. The summed E-state index contributed by atoms with van der Waals surface area (Å²) in [6.45, 7) is 9.74. The molecule has 2 amide bonds. The highest BCUT2D eigenvalue weighted by atomic mass is 32.2. The van der Waals surface area contributed by atoms with Crippen LogP contribution in [0.25, 0.3) is 0 Å². The lowest BCUT2D eigenvalue weighted by atomic mass is 9.88. The van der Waals surface area contributed by atoms with E-state index in [1.54, 1.807) is 23.6 Å². The number of hydrogen-bond acceptors (Lipinski definition) is 4. The zero-order valence-electron chi connectivity index (χ0n) is 16.9. The SMILES string of the molecule is CCN(C(=O)C(C)(C)C(=O)N(CC)C1CCS(=O)(=O)C1)c1cccc(C)c1. The van der Waals surface area contributed by atoms with E-state index in [9.17, 15) is 18.0 Å². The van der Waals surface area contributed by atoms with Crippen molar-refractivity contribution in [2.24, 2.45) is 5.41 Å². The molecule has 1 aliphatic rings. The molecule has 27 heavy (non-hydrogen) atoms. The zero-order chi connectivity index (χ0) is 20.4.